The molecule has 0 fully saturated rings. The Kier molecular flexibility index (Phi) is 2.54. The first-order valence-corrected chi connectivity index (χ1v) is 8.33. The SMILES string of the molecule is [2H]C([2H])([2H])c1cc(-c2cccc3c2oc2ccccc23)ncc1C([2H])([2H])C(C)(C)C. The van der Waals surface area contributed by atoms with Crippen LogP contribution in [-0.4, -0.2) is 4.98 Å². The molecule has 0 amide bonds. The molecule has 0 atom stereocenters. The summed E-state index contributed by atoms with van der Waals surface area (Å²) in [6.07, 6.45) is -0.503. The Labute approximate surface area is 155 Å². The Morgan fingerprint density at radius 1 is 1.08 bits per heavy atom. The lowest BCUT2D eigenvalue weighted by molar-refractivity contribution is 0.410. The van der Waals surface area contributed by atoms with Crippen LogP contribution < -0.4 is 0 Å². The number of aromatic nitrogens is 1. The number of benzene rings is 2. The van der Waals surface area contributed by atoms with Crippen LogP contribution in [0.1, 0.15) is 38.8 Å². The van der Waals surface area contributed by atoms with Crippen molar-refractivity contribution in [3.8, 4) is 11.3 Å². The van der Waals surface area contributed by atoms with E-state index in [4.69, 9.17) is 11.3 Å². The predicted octanol–water partition coefficient (Wildman–Crippen LogP) is 6.55. The quantitative estimate of drug-likeness (QED) is 0.415. The number of pyridine rings is 1. The van der Waals surface area contributed by atoms with Gasteiger partial charge in [-0.3, -0.25) is 4.98 Å². The smallest absolute Gasteiger partial charge is 0.144 e. The molecule has 4 rings (SSSR count). The van der Waals surface area contributed by atoms with Gasteiger partial charge in [-0.15, -0.1) is 0 Å². The summed E-state index contributed by atoms with van der Waals surface area (Å²) in [5.41, 5.74) is 1.77. The molecule has 0 saturated heterocycles. The number of aryl methyl sites for hydroxylation is 1. The Bertz CT molecular complexity index is 1250. The molecular formula is C23H23NO. The molecule has 2 aromatic heterocycles. The second-order valence-electron chi connectivity index (χ2n) is 7.27. The van der Waals surface area contributed by atoms with Gasteiger partial charge in [0.05, 0.1) is 5.69 Å². The maximum atomic E-state index is 8.58. The molecule has 0 aliphatic rings. The van der Waals surface area contributed by atoms with Crippen LogP contribution in [0.4, 0.5) is 0 Å². The van der Waals surface area contributed by atoms with Gasteiger partial charge in [0.2, 0.25) is 0 Å². The van der Waals surface area contributed by atoms with Gasteiger partial charge in [-0.05, 0) is 48.0 Å². The lowest BCUT2D eigenvalue weighted by Gasteiger charge is -2.19. The highest BCUT2D eigenvalue weighted by molar-refractivity contribution is 6.09. The van der Waals surface area contributed by atoms with Gasteiger partial charge in [-0.1, -0.05) is 51.1 Å². The number of nitrogens with zero attached hydrogens (tertiary/aromatic N) is 1. The molecule has 0 radical (unpaired) electrons. The Morgan fingerprint density at radius 2 is 1.88 bits per heavy atom. The topological polar surface area (TPSA) is 26.0 Å². The van der Waals surface area contributed by atoms with Crippen molar-refractivity contribution in [3.63, 3.8) is 0 Å². The molecule has 0 saturated carbocycles. The van der Waals surface area contributed by atoms with Crippen LogP contribution in [0.2, 0.25) is 0 Å². The number of hydrogen-bond acceptors (Lipinski definition) is 2. The summed E-state index contributed by atoms with van der Waals surface area (Å²) in [6.45, 7) is 2.77. The highest BCUT2D eigenvalue weighted by Gasteiger charge is 2.16. The molecular weight excluding hydrogens is 306 g/mol. The molecule has 2 aromatic carbocycles. The van der Waals surface area contributed by atoms with E-state index in [-0.39, 0.29) is 11.1 Å². The molecule has 126 valence electrons. The van der Waals surface area contributed by atoms with Crippen LogP contribution >= 0.6 is 0 Å². The zero-order chi connectivity index (χ0) is 21.9. The van der Waals surface area contributed by atoms with Gasteiger partial charge >= 0.3 is 0 Å². The Hall–Kier alpha value is -2.61. The fourth-order valence-corrected chi connectivity index (χ4v) is 3.06. The number of furan rings is 1. The van der Waals surface area contributed by atoms with E-state index in [0.29, 0.717) is 16.8 Å². The largest absolute Gasteiger partial charge is 0.455 e. The maximum Gasteiger partial charge on any atom is 0.144 e. The zero-order valence-corrected chi connectivity index (χ0v) is 14.6. The van der Waals surface area contributed by atoms with Crippen LogP contribution in [0.3, 0.4) is 0 Å². The first kappa shape index (κ1) is 11.1. The monoisotopic (exact) mass is 334 g/mol. The summed E-state index contributed by atoms with van der Waals surface area (Å²) < 4.78 is 47.3. The molecule has 25 heavy (non-hydrogen) atoms. The molecule has 0 spiro atoms. The predicted molar refractivity (Wildman–Crippen MR) is 105 cm³/mol. The fraction of sp³-hybridized carbons (Fsp3) is 0.261. The molecule has 0 aliphatic heterocycles. The maximum absolute atomic E-state index is 8.58. The van der Waals surface area contributed by atoms with Crippen molar-refractivity contribution in [2.45, 2.75) is 34.0 Å². The van der Waals surface area contributed by atoms with Gasteiger partial charge in [0.15, 0.2) is 0 Å². The molecule has 4 aromatic rings. The van der Waals surface area contributed by atoms with Crippen LogP contribution in [0, 0.1) is 12.3 Å². The standard InChI is InChI=1S/C23H23NO/c1-15-12-20(24-14-16(15)13-23(2,3)4)19-10-7-9-18-17-8-5-6-11-21(17)25-22(18)19/h5-12,14H,13H2,1-4H3/i1D3,13D2. The highest BCUT2D eigenvalue weighted by atomic mass is 16.3. The average Bonchev–Trinajstić information content (AvgIpc) is 3.04. The number of hydrogen-bond donors (Lipinski definition) is 0. The van der Waals surface area contributed by atoms with Crippen LogP contribution in [-0.2, 0) is 6.37 Å². The van der Waals surface area contributed by atoms with Crippen molar-refractivity contribution in [1.82, 2.24) is 4.98 Å². The minimum absolute atomic E-state index is 0.0273. The van der Waals surface area contributed by atoms with Crippen molar-refractivity contribution >= 4 is 21.9 Å². The first-order chi connectivity index (χ1) is 13.9. The van der Waals surface area contributed by atoms with E-state index < -0.39 is 18.6 Å². The normalized spacial score (nSPS) is 16.2. The van der Waals surface area contributed by atoms with E-state index >= 15 is 0 Å². The van der Waals surface area contributed by atoms with Gasteiger partial charge < -0.3 is 4.42 Å². The fourth-order valence-electron chi connectivity index (χ4n) is 3.06. The van der Waals surface area contributed by atoms with Crippen molar-refractivity contribution in [3.05, 3.63) is 65.9 Å². The Morgan fingerprint density at radius 3 is 2.68 bits per heavy atom. The summed E-state index contributed by atoms with van der Waals surface area (Å²) in [6, 6.07) is 14.9. The summed E-state index contributed by atoms with van der Waals surface area (Å²) in [4.78, 5) is 4.47. The van der Waals surface area contributed by atoms with Crippen molar-refractivity contribution in [2.24, 2.45) is 5.41 Å². The lowest BCUT2D eigenvalue weighted by Crippen LogP contribution is -2.10. The molecule has 0 N–H and O–H groups in total. The third-order valence-corrected chi connectivity index (χ3v) is 4.09. The Balaban J connectivity index is 1.98. The van der Waals surface area contributed by atoms with Gasteiger partial charge in [0, 0.05) is 29.4 Å². The number of rotatable bonds is 2. The van der Waals surface area contributed by atoms with Crippen molar-refractivity contribution < 1.29 is 11.3 Å². The molecule has 2 heteroatoms. The van der Waals surface area contributed by atoms with Crippen molar-refractivity contribution in [2.75, 3.05) is 0 Å². The molecule has 0 bridgehead atoms. The van der Waals surface area contributed by atoms with E-state index in [0.717, 1.165) is 16.4 Å². The summed E-state index contributed by atoms with van der Waals surface area (Å²) in [5, 5.41) is 1.90. The zero-order valence-electron chi connectivity index (χ0n) is 19.6. The third-order valence-electron chi connectivity index (χ3n) is 4.09. The van der Waals surface area contributed by atoms with Crippen LogP contribution in [0.15, 0.2) is 59.1 Å². The number of para-hydroxylation sites is 2. The lowest BCUT2D eigenvalue weighted by atomic mass is 9.87. The van der Waals surface area contributed by atoms with Crippen LogP contribution in [0.5, 0.6) is 0 Å². The second-order valence-corrected chi connectivity index (χ2v) is 7.27. The van der Waals surface area contributed by atoms with Gasteiger partial charge in [-0.25, -0.2) is 0 Å². The minimum Gasteiger partial charge on any atom is -0.455 e. The molecule has 0 aliphatic carbocycles. The van der Waals surface area contributed by atoms with Gasteiger partial charge in [-0.2, -0.15) is 0 Å². The van der Waals surface area contributed by atoms with E-state index in [1.54, 1.807) is 20.8 Å². The number of fused-ring (bicyclic) bond motifs is 3. The van der Waals surface area contributed by atoms with Crippen molar-refractivity contribution in [1.29, 1.82) is 0 Å². The highest BCUT2D eigenvalue weighted by Crippen LogP contribution is 2.35. The van der Waals surface area contributed by atoms with Crippen LogP contribution in [0.25, 0.3) is 33.2 Å². The van der Waals surface area contributed by atoms with E-state index in [1.165, 1.54) is 12.3 Å². The second kappa shape index (κ2) is 5.73. The van der Waals surface area contributed by atoms with Gasteiger partial charge in [0.25, 0.3) is 0 Å². The van der Waals surface area contributed by atoms with E-state index in [9.17, 15) is 0 Å². The van der Waals surface area contributed by atoms with E-state index in [1.807, 2.05) is 42.5 Å². The van der Waals surface area contributed by atoms with E-state index in [2.05, 4.69) is 4.98 Å². The molecule has 2 heterocycles. The molecule has 2 nitrogen and oxygen atoms in total. The molecule has 0 unspecified atom stereocenters. The third kappa shape index (κ3) is 2.93. The summed E-state index contributed by atoms with van der Waals surface area (Å²) in [5.74, 6) is 0. The minimum atomic E-state index is -2.48. The first-order valence-electron chi connectivity index (χ1n) is 10.8. The average molecular weight is 334 g/mol. The van der Waals surface area contributed by atoms with Gasteiger partial charge in [0.1, 0.15) is 11.2 Å². The summed E-state index contributed by atoms with van der Waals surface area (Å²) in [7, 11) is 0. The summed E-state index contributed by atoms with van der Waals surface area (Å²) >= 11 is 0.